The summed E-state index contributed by atoms with van der Waals surface area (Å²) in [5.74, 6) is -1.65. The van der Waals surface area contributed by atoms with E-state index in [1.807, 2.05) is 4.90 Å². The van der Waals surface area contributed by atoms with Crippen LogP contribution in [0.15, 0.2) is 36.7 Å². The van der Waals surface area contributed by atoms with Gasteiger partial charge in [0.1, 0.15) is 5.82 Å². The Morgan fingerprint density at radius 3 is 2.48 bits per heavy atom. The largest absolute Gasteiger partial charge is 0.350 e. The highest BCUT2D eigenvalue weighted by atomic mass is 35.5. The summed E-state index contributed by atoms with van der Waals surface area (Å²) in [6.07, 6.45) is 5.36. The molecule has 4 rings (SSSR count). The molecule has 1 N–H and O–H groups in total. The van der Waals surface area contributed by atoms with Crippen LogP contribution in [0.5, 0.6) is 0 Å². The second-order valence-corrected chi connectivity index (χ2v) is 8.15. The molecule has 29 heavy (non-hydrogen) atoms. The number of piperidine rings is 1. The van der Waals surface area contributed by atoms with Crippen molar-refractivity contribution in [2.24, 2.45) is 0 Å². The van der Waals surface area contributed by atoms with Crippen LogP contribution in [0.2, 0.25) is 5.02 Å². The van der Waals surface area contributed by atoms with Gasteiger partial charge in [0.2, 0.25) is 0 Å². The maximum absolute atomic E-state index is 13.6. The first-order valence-electron chi connectivity index (χ1n) is 9.89. The normalized spacial score (nSPS) is 20.2. The Hall–Kier alpha value is -2.12. The summed E-state index contributed by atoms with van der Waals surface area (Å²) in [5.41, 5.74) is 1.21. The molecule has 8 heteroatoms. The van der Waals surface area contributed by atoms with Gasteiger partial charge in [0.15, 0.2) is 0 Å². The summed E-state index contributed by atoms with van der Waals surface area (Å²) in [4.78, 5) is 23.5. The minimum absolute atomic E-state index is 0.191. The van der Waals surface area contributed by atoms with Gasteiger partial charge in [-0.15, -0.1) is 0 Å². The Labute approximate surface area is 173 Å². The van der Waals surface area contributed by atoms with E-state index >= 15 is 0 Å². The second kappa shape index (κ2) is 8.32. The van der Waals surface area contributed by atoms with Gasteiger partial charge < -0.3 is 5.32 Å². The van der Waals surface area contributed by atoms with E-state index in [4.69, 9.17) is 11.6 Å². The Kier molecular flexibility index (Phi) is 5.79. The third kappa shape index (κ3) is 4.90. The number of benzene rings is 1. The lowest BCUT2D eigenvalue weighted by Gasteiger charge is -2.37. The van der Waals surface area contributed by atoms with Gasteiger partial charge in [-0.1, -0.05) is 23.7 Å². The highest BCUT2D eigenvalue weighted by Crippen LogP contribution is 2.38. The number of halogens is 3. The number of amides is 1. The zero-order chi connectivity index (χ0) is 20.4. The van der Waals surface area contributed by atoms with Crippen LogP contribution < -0.4 is 5.32 Å². The van der Waals surface area contributed by atoms with Crippen LogP contribution in [-0.4, -0.2) is 46.3 Å². The van der Waals surface area contributed by atoms with Crippen molar-refractivity contribution in [3.8, 4) is 0 Å². The van der Waals surface area contributed by atoms with Crippen LogP contribution in [0, 0.1) is 0 Å². The molecule has 1 aliphatic heterocycles. The van der Waals surface area contributed by atoms with E-state index < -0.39 is 5.92 Å². The maximum Gasteiger partial charge on any atom is 0.252 e. The number of alkyl halides is 2. The third-order valence-corrected chi connectivity index (χ3v) is 5.89. The van der Waals surface area contributed by atoms with E-state index in [2.05, 4.69) is 15.3 Å². The summed E-state index contributed by atoms with van der Waals surface area (Å²) in [6.45, 7) is 0.774. The van der Waals surface area contributed by atoms with Gasteiger partial charge in [-0.2, -0.15) is 0 Å². The smallest absolute Gasteiger partial charge is 0.252 e. The molecule has 1 atom stereocenters. The number of hydrogen-bond donors (Lipinski definition) is 1. The predicted molar refractivity (Wildman–Crippen MR) is 106 cm³/mol. The monoisotopic (exact) mass is 420 g/mol. The van der Waals surface area contributed by atoms with Crippen molar-refractivity contribution in [1.82, 2.24) is 20.2 Å². The lowest BCUT2D eigenvalue weighted by molar-refractivity contribution is -0.0632. The average Bonchev–Trinajstić information content (AvgIpc) is 3.55. The topological polar surface area (TPSA) is 58.1 Å². The Bertz CT molecular complexity index is 863. The maximum atomic E-state index is 13.6. The van der Waals surface area contributed by atoms with Crippen molar-refractivity contribution in [3.05, 3.63) is 58.6 Å². The molecule has 0 radical (unpaired) electrons. The standard InChI is InChI=1S/C21H23ClF2N4O/c22-17-4-2-1-3-16(17)20(29)27-13-18(28-9-7-21(23,24)8-10-28)15-11-25-19(26-12-15)14-5-6-14/h1-4,11-12,14,18H,5-10,13H2,(H,27,29). The highest BCUT2D eigenvalue weighted by Gasteiger charge is 2.37. The number of rotatable bonds is 6. The first kappa shape index (κ1) is 20.2. The molecule has 1 aliphatic carbocycles. The summed E-state index contributed by atoms with van der Waals surface area (Å²) in [5, 5.41) is 3.27. The molecule has 1 amide bonds. The van der Waals surface area contributed by atoms with Gasteiger partial charge in [-0.05, 0) is 25.0 Å². The number of nitrogens with zero attached hydrogens (tertiary/aromatic N) is 3. The van der Waals surface area contributed by atoms with E-state index in [-0.39, 0.29) is 44.4 Å². The van der Waals surface area contributed by atoms with Gasteiger partial charge in [0.25, 0.3) is 11.8 Å². The number of carbonyl (C=O) groups excluding carboxylic acids is 1. The van der Waals surface area contributed by atoms with Crippen LogP contribution in [-0.2, 0) is 0 Å². The molecule has 2 aliphatic rings. The van der Waals surface area contributed by atoms with Gasteiger partial charge in [-0.3, -0.25) is 9.69 Å². The molecular weight excluding hydrogens is 398 g/mol. The van der Waals surface area contributed by atoms with Gasteiger partial charge >= 0.3 is 0 Å². The fraction of sp³-hybridized carbons (Fsp3) is 0.476. The van der Waals surface area contributed by atoms with E-state index in [9.17, 15) is 13.6 Å². The van der Waals surface area contributed by atoms with E-state index in [0.717, 1.165) is 24.2 Å². The van der Waals surface area contributed by atoms with Gasteiger partial charge in [0.05, 0.1) is 16.6 Å². The molecule has 2 aromatic rings. The predicted octanol–water partition coefficient (Wildman–Crippen LogP) is 4.21. The third-order valence-electron chi connectivity index (χ3n) is 5.56. The number of hydrogen-bond acceptors (Lipinski definition) is 4. The molecule has 1 saturated carbocycles. The molecule has 5 nitrogen and oxygen atoms in total. The minimum atomic E-state index is -2.63. The van der Waals surface area contributed by atoms with E-state index in [1.165, 1.54) is 0 Å². The summed E-state index contributed by atoms with van der Waals surface area (Å²) >= 11 is 6.11. The molecule has 2 fully saturated rings. The van der Waals surface area contributed by atoms with Crippen LogP contribution in [0.1, 0.15) is 59.4 Å². The molecule has 1 unspecified atom stereocenters. The lowest BCUT2D eigenvalue weighted by Crippen LogP contribution is -2.45. The quantitative estimate of drug-likeness (QED) is 0.760. The van der Waals surface area contributed by atoms with Gasteiger partial charge in [0, 0.05) is 56.4 Å². The first-order valence-corrected chi connectivity index (χ1v) is 10.3. The van der Waals surface area contributed by atoms with Crippen molar-refractivity contribution < 1.29 is 13.6 Å². The zero-order valence-electron chi connectivity index (χ0n) is 16.0. The van der Waals surface area contributed by atoms with E-state index in [1.54, 1.807) is 36.7 Å². The highest BCUT2D eigenvalue weighted by molar-refractivity contribution is 6.33. The Morgan fingerprint density at radius 1 is 1.21 bits per heavy atom. The van der Waals surface area contributed by atoms with E-state index in [0.29, 0.717) is 16.5 Å². The van der Waals surface area contributed by atoms with Crippen LogP contribution in [0.4, 0.5) is 8.78 Å². The molecule has 154 valence electrons. The molecule has 0 bridgehead atoms. The van der Waals surface area contributed by atoms with Crippen molar-refractivity contribution in [2.75, 3.05) is 19.6 Å². The molecule has 1 saturated heterocycles. The second-order valence-electron chi connectivity index (χ2n) is 7.75. The molecule has 1 aromatic carbocycles. The SMILES string of the molecule is O=C(NCC(c1cnc(C2CC2)nc1)N1CCC(F)(F)CC1)c1ccccc1Cl. The lowest BCUT2D eigenvalue weighted by atomic mass is 10.0. The molecule has 0 spiro atoms. The summed E-state index contributed by atoms with van der Waals surface area (Å²) < 4.78 is 27.3. The molecule has 2 heterocycles. The first-order chi connectivity index (χ1) is 13.9. The fourth-order valence-electron chi connectivity index (χ4n) is 3.62. The van der Waals surface area contributed by atoms with Crippen LogP contribution in [0.3, 0.4) is 0 Å². The van der Waals surface area contributed by atoms with Crippen molar-refractivity contribution in [3.63, 3.8) is 0 Å². The Balaban J connectivity index is 1.50. The number of carbonyl (C=O) groups is 1. The van der Waals surface area contributed by atoms with Crippen LogP contribution in [0.25, 0.3) is 0 Å². The number of aromatic nitrogens is 2. The van der Waals surface area contributed by atoms with Crippen LogP contribution >= 0.6 is 11.6 Å². The Morgan fingerprint density at radius 2 is 1.86 bits per heavy atom. The van der Waals surface area contributed by atoms with Gasteiger partial charge in [-0.25, -0.2) is 18.7 Å². The molecule has 1 aromatic heterocycles. The van der Waals surface area contributed by atoms with Crippen molar-refractivity contribution in [1.29, 1.82) is 0 Å². The molecular formula is C21H23ClF2N4O. The fourth-order valence-corrected chi connectivity index (χ4v) is 3.84. The van der Waals surface area contributed by atoms with Crippen molar-refractivity contribution in [2.45, 2.75) is 43.6 Å². The zero-order valence-corrected chi connectivity index (χ0v) is 16.7. The number of likely N-dealkylation sites (tertiary alicyclic amines) is 1. The van der Waals surface area contributed by atoms with Crippen molar-refractivity contribution >= 4 is 17.5 Å². The average molecular weight is 421 g/mol. The number of nitrogens with one attached hydrogen (secondary N) is 1. The summed E-state index contributed by atoms with van der Waals surface area (Å²) in [7, 11) is 0. The summed E-state index contributed by atoms with van der Waals surface area (Å²) in [6, 6.07) is 6.54. The minimum Gasteiger partial charge on any atom is -0.350 e.